The highest BCUT2D eigenvalue weighted by Gasteiger charge is 2.29. The second kappa shape index (κ2) is 4.71. The van der Waals surface area contributed by atoms with Crippen molar-refractivity contribution >= 4 is 5.91 Å². The van der Waals surface area contributed by atoms with E-state index in [4.69, 9.17) is 0 Å². The first-order chi connectivity index (χ1) is 8.09. The van der Waals surface area contributed by atoms with Crippen LogP contribution in [-0.2, 0) is 0 Å². The third kappa shape index (κ3) is 2.39. The van der Waals surface area contributed by atoms with Gasteiger partial charge < -0.3 is 15.2 Å². The van der Waals surface area contributed by atoms with Gasteiger partial charge in [-0.05, 0) is 19.9 Å². The van der Waals surface area contributed by atoms with E-state index in [1.807, 2.05) is 18.7 Å². The molecule has 0 radical (unpaired) electrons. The molecule has 17 heavy (non-hydrogen) atoms. The number of amides is 1. The van der Waals surface area contributed by atoms with E-state index in [-0.39, 0.29) is 23.6 Å². The van der Waals surface area contributed by atoms with Crippen molar-refractivity contribution in [2.24, 2.45) is 0 Å². The van der Waals surface area contributed by atoms with Gasteiger partial charge in [0.2, 0.25) is 5.56 Å². The minimum Gasteiger partial charge on any atom is -0.331 e. The first-order valence-electron chi connectivity index (χ1n) is 5.81. The van der Waals surface area contributed by atoms with Crippen LogP contribution in [-0.4, -0.2) is 41.0 Å². The minimum absolute atomic E-state index is 0.0252. The van der Waals surface area contributed by atoms with Gasteiger partial charge in [0, 0.05) is 37.4 Å². The highest BCUT2D eigenvalue weighted by molar-refractivity contribution is 5.94. The van der Waals surface area contributed by atoms with Gasteiger partial charge >= 0.3 is 0 Å². The van der Waals surface area contributed by atoms with Crippen LogP contribution in [0.1, 0.15) is 24.2 Å². The van der Waals surface area contributed by atoms with Crippen LogP contribution in [0, 0.1) is 0 Å². The van der Waals surface area contributed by atoms with Crippen LogP contribution < -0.4 is 10.9 Å². The van der Waals surface area contributed by atoms with Gasteiger partial charge in [-0.1, -0.05) is 0 Å². The van der Waals surface area contributed by atoms with E-state index in [1.165, 1.54) is 12.3 Å². The summed E-state index contributed by atoms with van der Waals surface area (Å²) in [7, 11) is 0. The van der Waals surface area contributed by atoms with Crippen LogP contribution in [0.4, 0.5) is 0 Å². The van der Waals surface area contributed by atoms with Crippen molar-refractivity contribution in [3.63, 3.8) is 0 Å². The fourth-order valence-electron chi connectivity index (χ4n) is 2.23. The Morgan fingerprint density at radius 1 is 1.29 bits per heavy atom. The van der Waals surface area contributed by atoms with Crippen LogP contribution >= 0.6 is 0 Å². The molecule has 2 atom stereocenters. The number of rotatable bonds is 1. The molecule has 1 aliphatic heterocycles. The quantitative estimate of drug-likeness (QED) is 0.730. The average Bonchev–Trinajstić information content (AvgIpc) is 2.29. The SMILES string of the molecule is CC1CNCC(C)N1C(=O)c1ccc(=O)[nH]c1. The van der Waals surface area contributed by atoms with E-state index >= 15 is 0 Å². The Bertz CT molecular complexity index is 439. The van der Waals surface area contributed by atoms with Crippen LogP contribution in [0.25, 0.3) is 0 Å². The number of nitrogens with zero attached hydrogens (tertiary/aromatic N) is 1. The van der Waals surface area contributed by atoms with E-state index in [2.05, 4.69) is 10.3 Å². The van der Waals surface area contributed by atoms with Gasteiger partial charge in [-0.15, -0.1) is 0 Å². The predicted octanol–water partition coefficient (Wildman–Crippen LogP) is 0.197. The first kappa shape index (κ1) is 11.9. The summed E-state index contributed by atoms with van der Waals surface area (Å²) < 4.78 is 0. The van der Waals surface area contributed by atoms with Crippen molar-refractivity contribution in [1.82, 2.24) is 15.2 Å². The zero-order valence-corrected chi connectivity index (χ0v) is 10.1. The Hall–Kier alpha value is -1.62. The number of carbonyl (C=O) groups excluding carboxylic acids is 1. The summed E-state index contributed by atoms with van der Waals surface area (Å²) in [6, 6.07) is 3.28. The zero-order valence-electron chi connectivity index (χ0n) is 10.1. The fraction of sp³-hybridized carbons (Fsp3) is 0.500. The number of hydrogen-bond donors (Lipinski definition) is 2. The molecule has 92 valence electrons. The highest BCUT2D eigenvalue weighted by Crippen LogP contribution is 2.13. The van der Waals surface area contributed by atoms with Crippen LogP contribution in [0.2, 0.25) is 0 Å². The monoisotopic (exact) mass is 235 g/mol. The summed E-state index contributed by atoms with van der Waals surface area (Å²) in [5.41, 5.74) is 0.341. The number of pyridine rings is 1. The average molecular weight is 235 g/mol. The Balaban J connectivity index is 2.23. The Morgan fingerprint density at radius 3 is 2.47 bits per heavy atom. The summed E-state index contributed by atoms with van der Waals surface area (Å²) in [4.78, 5) is 27.7. The molecule has 1 aromatic rings. The number of H-pyrrole nitrogens is 1. The smallest absolute Gasteiger partial charge is 0.255 e. The number of hydrogen-bond acceptors (Lipinski definition) is 3. The molecule has 0 spiro atoms. The van der Waals surface area contributed by atoms with Gasteiger partial charge in [0.15, 0.2) is 0 Å². The van der Waals surface area contributed by atoms with Crippen molar-refractivity contribution in [2.75, 3.05) is 13.1 Å². The lowest BCUT2D eigenvalue weighted by Crippen LogP contribution is -2.57. The molecule has 0 saturated carbocycles. The lowest BCUT2D eigenvalue weighted by atomic mass is 10.1. The van der Waals surface area contributed by atoms with E-state index in [0.29, 0.717) is 5.56 Å². The van der Waals surface area contributed by atoms with Gasteiger partial charge in [-0.2, -0.15) is 0 Å². The van der Waals surface area contributed by atoms with E-state index in [9.17, 15) is 9.59 Å². The van der Waals surface area contributed by atoms with E-state index < -0.39 is 0 Å². The lowest BCUT2D eigenvalue weighted by Gasteiger charge is -2.39. The number of carbonyl (C=O) groups is 1. The predicted molar refractivity (Wildman–Crippen MR) is 65.0 cm³/mol. The maximum atomic E-state index is 12.3. The van der Waals surface area contributed by atoms with Crippen molar-refractivity contribution in [1.29, 1.82) is 0 Å². The summed E-state index contributed by atoms with van der Waals surface area (Å²) in [5, 5.41) is 3.28. The number of nitrogens with one attached hydrogen (secondary N) is 2. The minimum atomic E-state index is -0.192. The van der Waals surface area contributed by atoms with E-state index in [0.717, 1.165) is 13.1 Å². The maximum Gasteiger partial charge on any atom is 0.255 e. The number of piperazine rings is 1. The molecule has 0 aliphatic carbocycles. The first-order valence-corrected chi connectivity index (χ1v) is 5.81. The van der Waals surface area contributed by atoms with Gasteiger partial charge in [0.1, 0.15) is 0 Å². The van der Waals surface area contributed by atoms with Gasteiger partial charge in [0.25, 0.3) is 5.91 Å². The molecule has 1 aliphatic rings. The third-order valence-electron chi connectivity index (χ3n) is 3.09. The maximum absolute atomic E-state index is 12.3. The molecule has 2 rings (SSSR count). The largest absolute Gasteiger partial charge is 0.331 e. The second-order valence-electron chi connectivity index (χ2n) is 4.51. The summed E-state index contributed by atoms with van der Waals surface area (Å²) >= 11 is 0. The molecule has 5 heteroatoms. The van der Waals surface area contributed by atoms with Crippen molar-refractivity contribution in [2.45, 2.75) is 25.9 Å². The molecular weight excluding hydrogens is 218 g/mol. The molecule has 0 aromatic carbocycles. The van der Waals surface area contributed by atoms with Crippen LogP contribution in [0.5, 0.6) is 0 Å². The highest BCUT2D eigenvalue weighted by atomic mass is 16.2. The van der Waals surface area contributed by atoms with E-state index in [1.54, 1.807) is 6.07 Å². The van der Waals surface area contributed by atoms with Crippen molar-refractivity contribution in [3.05, 3.63) is 34.2 Å². The number of aromatic nitrogens is 1. The van der Waals surface area contributed by atoms with Gasteiger partial charge in [-0.3, -0.25) is 9.59 Å². The van der Waals surface area contributed by atoms with Crippen molar-refractivity contribution in [3.8, 4) is 0 Å². The Labute approximate surface area is 99.8 Å². The summed E-state index contributed by atoms with van der Waals surface area (Å²) in [6.07, 6.45) is 1.48. The molecule has 1 amide bonds. The second-order valence-corrected chi connectivity index (χ2v) is 4.51. The zero-order chi connectivity index (χ0) is 12.4. The molecule has 1 aromatic heterocycles. The normalized spacial score (nSPS) is 24.7. The number of aromatic amines is 1. The Kier molecular flexibility index (Phi) is 3.28. The topological polar surface area (TPSA) is 65.2 Å². The van der Waals surface area contributed by atoms with Gasteiger partial charge in [0.05, 0.1) is 5.56 Å². The molecule has 0 bridgehead atoms. The van der Waals surface area contributed by atoms with Crippen LogP contribution in [0.15, 0.2) is 23.1 Å². The van der Waals surface area contributed by atoms with Gasteiger partial charge in [-0.25, -0.2) is 0 Å². The molecule has 1 fully saturated rings. The third-order valence-corrected chi connectivity index (χ3v) is 3.09. The van der Waals surface area contributed by atoms with Crippen molar-refractivity contribution < 1.29 is 4.79 Å². The van der Waals surface area contributed by atoms with Crippen LogP contribution in [0.3, 0.4) is 0 Å². The molecule has 2 unspecified atom stereocenters. The summed E-state index contributed by atoms with van der Waals surface area (Å²) in [5.74, 6) is -0.0252. The molecule has 2 N–H and O–H groups in total. The standard InChI is InChI=1S/C12H17N3O2/c1-8-5-13-6-9(2)15(8)12(17)10-3-4-11(16)14-7-10/h3-4,7-9,13H,5-6H2,1-2H3,(H,14,16). The molecule has 2 heterocycles. The molecule has 1 saturated heterocycles. The lowest BCUT2D eigenvalue weighted by molar-refractivity contribution is 0.0544. The Morgan fingerprint density at radius 2 is 1.94 bits per heavy atom. The molecule has 5 nitrogen and oxygen atoms in total. The summed E-state index contributed by atoms with van der Waals surface area (Å²) in [6.45, 7) is 5.65. The fourth-order valence-corrected chi connectivity index (χ4v) is 2.23. The molecular formula is C12H17N3O2.